The number of aryl methyl sites for hydroxylation is 1. The van der Waals surface area contributed by atoms with E-state index in [1.807, 2.05) is 19.1 Å². The molecule has 1 N–H and O–H groups in total. The van der Waals surface area contributed by atoms with Crippen molar-refractivity contribution in [2.24, 2.45) is 0 Å². The van der Waals surface area contributed by atoms with Gasteiger partial charge in [0.15, 0.2) is 0 Å². The summed E-state index contributed by atoms with van der Waals surface area (Å²) in [6.07, 6.45) is -2.21. The summed E-state index contributed by atoms with van der Waals surface area (Å²) < 4.78 is 52.7. The van der Waals surface area contributed by atoms with Crippen LogP contribution < -0.4 is 21.3 Å². The number of hydrogen-bond donors (Lipinski definition) is 1. The SMILES string of the molecule is Cc1cc(Cl)cc(-c2ccnc3cc(Cn4c(=O)ccn(CC(F)(F)F)c4=O)sc23)c1OCC1CNCCO1. The molecule has 3 aromatic heterocycles. The van der Waals surface area contributed by atoms with Crippen LogP contribution in [0.3, 0.4) is 0 Å². The first-order valence-corrected chi connectivity index (χ1v) is 13.3. The Labute approximate surface area is 229 Å². The lowest BCUT2D eigenvalue weighted by atomic mass is 10.0. The van der Waals surface area contributed by atoms with Crippen molar-refractivity contribution in [2.75, 3.05) is 26.3 Å². The van der Waals surface area contributed by atoms with Crippen LogP contribution in [0.5, 0.6) is 5.75 Å². The summed E-state index contributed by atoms with van der Waals surface area (Å²) in [5.74, 6) is 0.644. The van der Waals surface area contributed by atoms with E-state index in [9.17, 15) is 22.8 Å². The number of hydrogen-bond acceptors (Lipinski definition) is 7. The second-order valence-electron chi connectivity index (χ2n) is 9.16. The standard InChI is InChI=1S/C26H24ClF3N4O4S/c1-15-8-16(27)9-20(23(15)38-13-17-11-31-5-7-37-17)19-2-4-32-21-10-18(39-24(19)21)12-34-22(35)3-6-33(25(34)36)14-26(28,29)30/h2-4,6,8-10,17,31H,5,7,11-14H2,1H3. The summed E-state index contributed by atoms with van der Waals surface area (Å²) >= 11 is 7.71. The van der Waals surface area contributed by atoms with Crippen molar-refractivity contribution in [3.05, 3.63) is 79.0 Å². The van der Waals surface area contributed by atoms with Gasteiger partial charge in [0.2, 0.25) is 0 Å². The number of aromatic nitrogens is 3. The molecule has 0 amide bonds. The van der Waals surface area contributed by atoms with E-state index in [0.717, 1.165) is 44.8 Å². The largest absolute Gasteiger partial charge is 0.490 e. The van der Waals surface area contributed by atoms with Crippen LogP contribution in [0.4, 0.5) is 13.2 Å². The van der Waals surface area contributed by atoms with Gasteiger partial charge in [-0.2, -0.15) is 13.2 Å². The summed E-state index contributed by atoms with van der Waals surface area (Å²) in [5.41, 5.74) is 1.25. The van der Waals surface area contributed by atoms with Gasteiger partial charge in [0.1, 0.15) is 25.0 Å². The third kappa shape index (κ3) is 6.19. The van der Waals surface area contributed by atoms with Gasteiger partial charge >= 0.3 is 11.9 Å². The first-order valence-electron chi connectivity index (χ1n) is 12.1. The lowest BCUT2D eigenvalue weighted by Gasteiger charge is -2.25. The fourth-order valence-corrected chi connectivity index (χ4v) is 5.88. The maximum atomic E-state index is 12.9. The number of halogens is 4. The van der Waals surface area contributed by atoms with E-state index in [0.29, 0.717) is 45.5 Å². The molecule has 1 aliphatic heterocycles. The number of benzene rings is 1. The van der Waals surface area contributed by atoms with Crippen molar-refractivity contribution in [1.29, 1.82) is 0 Å². The second-order valence-corrected chi connectivity index (χ2v) is 10.7. The number of pyridine rings is 1. The monoisotopic (exact) mass is 580 g/mol. The average Bonchev–Trinajstić information content (AvgIpc) is 3.30. The highest BCUT2D eigenvalue weighted by molar-refractivity contribution is 7.19. The number of fused-ring (bicyclic) bond motifs is 1. The van der Waals surface area contributed by atoms with E-state index in [-0.39, 0.29) is 12.6 Å². The predicted octanol–water partition coefficient (Wildman–Crippen LogP) is 4.23. The van der Waals surface area contributed by atoms with Gasteiger partial charge in [-0.25, -0.2) is 4.79 Å². The van der Waals surface area contributed by atoms with E-state index in [1.54, 1.807) is 18.3 Å². The first kappa shape index (κ1) is 27.4. The number of ether oxygens (including phenoxy) is 2. The maximum absolute atomic E-state index is 12.9. The quantitative estimate of drug-likeness (QED) is 0.352. The summed E-state index contributed by atoms with van der Waals surface area (Å²) in [5, 5.41) is 3.80. The van der Waals surface area contributed by atoms with Gasteiger partial charge in [-0.15, -0.1) is 11.3 Å². The molecule has 0 saturated carbocycles. The zero-order valence-corrected chi connectivity index (χ0v) is 22.3. The van der Waals surface area contributed by atoms with Gasteiger partial charge in [0.25, 0.3) is 5.56 Å². The molecule has 1 saturated heterocycles. The lowest BCUT2D eigenvalue weighted by Crippen LogP contribution is -2.41. The van der Waals surface area contributed by atoms with E-state index in [4.69, 9.17) is 21.1 Å². The van der Waals surface area contributed by atoms with Gasteiger partial charge in [0, 0.05) is 52.6 Å². The van der Waals surface area contributed by atoms with Gasteiger partial charge in [-0.05, 0) is 36.8 Å². The van der Waals surface area contributed by atoms with Gasteiger partial charge in [-0.3, -0.25) is 18.9 Å². The van der Waals surface area contributed by atoms with Gasteiger partial charge < -0.3 is 14.8 Å². The minimum atomic E-state index is -4.60. The summed E-state index contributed by atoms with van der Waals surface area (Å²) in [6.45, 7) is 2.64. The Balaban J connectivity index is 1.51. The zero-order chi connectivity index (χ0) is 27.7. The van der Waals surface area contributed by atoms with Crippen molar-refractivity contribution in [3.8, 4) is 16.9 Å². The third-order valence-corrected chi connectivity index (χ3v) is 7.57. The zero-order valence-electron chi connectivity index (χ0n) is 20.8. The van der Waals surface area contributed by atoms with E-state index >= 15 is 0 Å². The molecule has 1 unspecified atom stereocenters. The molecule has 1 aliphatic rings. The minimum Gasteiger partial charge on any atom is -0.490 e. The maximum Gasteiger partial charge on any atom is 0.406 e. The Morgan fingerprint density at radius 2 is 2.05 bits per heavy atom. The normalized spacial score (nSPS) is 16.1. The second kappa shape index (κ2) is 11.1. The topological polar surface area (TPSA) is 87.4 Å². The number of alkyl halides is 3. The van der Waals surface area contributed by atoms with Crippen molar-refractivity contribution in [2.45, 2.75) is 32.3 Å². The molecule has 5 rings (SSSR count). The van der Waals surface area contributed by atoms with Crippen LogP contribution in [-0.2, 0) is 17.8 Å². The molecule has 0 aliphatic carbocycles. The van der Waals surface area contributed by atoms with Crippen LogP contribution in [0.15, 0.2) is 52.3 Å². The van der Waals surface area contributed by atoms with Gasteiger partial charge in [-0.1, -0.05) is 11.6 Å². The minimum absolute atomic E-state index is 0.0990. The predicted molar refractivity (Wildman–Crippen MR) is 143 cm³/mol. The fraction of sp³-hybridized carbons (Fsp3) is 0.346. The Kier molecular flexibility index (Phi) is 7.81. The molecule has 8 nitrogen and oxygen atoms in total. The average molecular weight is 581 g/mol. The Morgan fingerprint density at radius 1 is 1.23 bits per heavy atom. The fourth-order valence-electron chi connectivity index (χ4n) is 4.47. The number of nitrogens with zero attached hydrogens (tertiary/aromatic N) is 3. The van der Waals surface area contributed by atoms with Crippen LogP contribution in [0, 0.1) is 6.92 Å². The Hall–Kier alpha value is -3.19. The molecular formula is C26H24ClF3N4O4S. The third-order valence-electron chi connectivity index (χ3n) is 6.21. The molecular weight excluding hydrogens is 557 g/mol. The van der Waals surface area contributed by atoms with Crippen LogP contribution in [-0.4, -0.2) is 52.7 Å². The van der Waals surface area contributed by atoms with Crippen LogP contribution in [0.1, 0.15) is 10.4 Å². The number of rotatable bonds is 7. The van der Waals surface area contributed by atoms with E-state index in [2.05, 4.69) is 10.3 Å². The van der Waals surface area contributed by atoms with Crippen LogP contribution in [0.25, 0.3) is 21.3 Å². The van der Waals surface area contributed by atoms with E-state index in [1.165, 1.54) is 11.3 Å². The summed E-state index contributed by atoms with van der Waals surface area (Å²) in [4.78, 5) is 30.1. The summed E-state index contributed by atoms with van der Waals surface area (Å²) in [7, 11) is 0. The number of morpholine rings is 1. The highest BCUT2D eigenvalue weighted by Crippen LogP contribution is 2.41. The van der Waals surface area contributed by atoms with Crippen molar-refractivity contribution >= 4 is 33.2 Å². The summed E-state index contributed by atoms with van der Waals surface area (Å²) in [6, 6.07) is 8.11. The van der Waals surface area contributed by atoms with Crippen molar-refractivity contribution in [1.82, 2.24) is 19.4 Å². The molecule has 0 radical (unpaired) electrons. The molecule has 39 heavy (non-hydrogen) atoms. The van der Waals surface area contributed by atoms with Gasteiger partial charge in [0.05, 0.1) is 23.4 Å². The lowest BCUT2D eigenvalue weighted by molar-refractivity contribution is -0.141. The number of thiophene rings is 1. The molecule has 1 fully saturated rings. The van der Waals surface area contributed by atoms with Crippen LogP contribution >= 0.6 is 22.9 Å². The van der Waals surface area contributed by atoms with Crippen LogP contribution in [0.2, 0.25) is 5.02 Å². The highest BCUT2D eigenvalue weighted by Gasteiger charge is 2.29. The first-order chi connectivity index (χ1) is 18.6. The number of nitrogens with one attached hydrogen (secondary N) is 1. The molecule has 4 aromatic rings. The molecule has 1 atom stereocenters. The molecule has 13 heteroatoms. The van der Waals surface area contributed by atoms with Crippen molar-refractivity contribution in [3.63, 3.8) is 0 Å². The smallest absolute Gasteiger partial charge is 0.406 e. The highest BCUT2D eigenvalue weighted by atomic mass is 35.5. The molecule has 0 spiro atoms. The molecule has 4 heterocycles. The van der Waals surface area contributed by atoms with Crippen molar-refractivity contribution < 1.29 is 22.6 Å². The van der Waals surface area contributed by atoms with E-state index < -0.39 is 24.0 Å². The molecule has 0 bridgehead atoms. The molecule has 1 aromatic carbocycles. The molecule has 206 valence electrons. The Morgan fingerprint density at radius 3 is 2.79 bits per heavy atom. The Bertz CT molecular complexity index is 1630.